The molecule has 0 heterocycles. The van der Waals surface area contributed by atoms with E-state index in [1.807, 2.05) is 0 Å². The number of carbonyl (C=O) groups is 1. The molecule has 0 saturated carbocycles. The highest BCUT2D eigenvalue weighted by Gasteiger charge is 2.19. The Balaban J connectivity index is 2.18. The minimum atomic E-state index is -0.819. The van der Waals surface area contributed by atoms with Crippen LogP contribution in [0.5, 0.6) is 0 Å². The Labute approximate surface area is 139 Å². The third-order valence-corrected chi connectivity index (χ3v) is 3.09. The summed E-state index contributed by atoms with van der Waals surface area (Å²) in [6.07, 6.45) is 1.33. The maximum atomic E-state index is 11.9. The Morgan fingerprint density at radius 3 is 2.08 bits per heavy atom. The van der Waals surface area contributed by atoms with Crippen LogP contribution in [0.4, 0.5) is 11.4 Å². The first kappa shape index (κ1) is 17.0. The van der Waals surface area contributed by atoms with Crippen molar-refractivity contribution >= 4 is 35.1 Å². The number of amides is 1. The number of hydrogen-bond donors (Lipinski definition) is 1. The first-order chi connectivity index (χ1) is 11.4. The molecule has 0 aliphatic carbocycles. The number of non-ortho nitro benzene ring substituents is 2. The number of nitrogens with zero attached hydrogens (tertiary/aromatic N) is 3. The van der Waals surface area contributed by atoms with Gasteiger partial charge in [-0.2, -0.15) is 5.10 Å². The molecular formula is C14H9ClN4O5. The Hall–Kier alpha value is -3.33. The summed E-state index contributed by atoms with van der Waals surface area (Å²) in [6, 6.07) is 9.23. The largest absolute Gasteiger partial charge is 0.277 e. The van der Waals surface area contributed by atoms with Gasteiger partial charge in [-0.25, -0.2) is 5.43 Å². The molecule has 0 bridgehead atoms. The lowest BCUT2D eigenvalue weighted by atomic mass is 10.1. The van der Waals surface area contributed by atoms with Crippen molar-refractivity contribution in [2.45, 2.75) is 0 Å². The number of nitrogens with one attached hydrogen (secondary N) is 1. The minimum absolute atomic E-state index is 0.246. The van der Waals surface area contributed by atoms with Gasteiger partial charge in [0.05, 0.1) is 27.7 Å². The fourth-order valence-corrected chi connectivity index (χ4v) is 1.84. The van der Waals surface area contributed by atoms with E-state index in [4.69, 9.17) is 11.6 Å². The second-order valence-electron chi connectivity index (χ2n) is 4.50. The third kappa shape index (κ3) is 4.34. The quantitative estimate of drug-likeness (QED) is 0.504. The van der Waals surface area contributed by atoms with E-state index < -0.39 is 27.1 Å². The average molecular weight is 349 g/mol. The van der Waals surface area contributed by atoms with Crippen LogP contribution < -0.4 is 5.43 Å². The van der Waals surface area contributed by atoms with Gasteiger partial charge in [0.1, 0.15) is 0 Å². The highest BCUT2D eigenvalue weighted by atomic mass is 35.5. The molecule has 0 aromatic heterocycles. The van der Waals surface area contributed by atoms with Crippen molar-refractivity contribution in [2.24, 2.45) is 5.10 Å². The molecule has 1 N–H and O–H groups in total. The first-order valence-corrected chi connectivity index (χ1v) is 6.77. The monoisotopic (exact) mass is 348 g/mol. The van der Waals surface area contributed by atoms with Gasteiger partial charge in [0.15, 0.2) is 0 Å². The summed E-state index contributed by atoms with van der Waals surface area (Å²) in [7, 11) is 0. The van der Waals surface area contributed by atoms with E-state index in [-0.39, 0.29) is 5.56 Å². The van der Waals surface area contributed by atoms with E-state index in [9.17, 15) is 25.0 Å². The molecule has 10 heteroatoms. The number of nitro benzene ring substituents is 2. The van der Waals surface area contributed by atoms with Crippen LogP contribution in [0.15, 0.2) is 47.6 Å². The molecule has 2 aromatic carbocycles. The second kappa shape index (κ2) is 7.29. The number of carbonyl (C=O) groups excluding carboxylic acids is 1. The SMILES string of the molecule is O=C(N/N=C\c1ccc(Cl)cc1)c1cc([N+](=O)[O-])cc([N+](=O)[O-])c1. The number of rotatable bonds is 5. The molecule has 0 radical (unpaired) electrons. The lowest BCUT2D eigenvalue weighted by Crippen LogP contribution is -2.18. The average Bonchev–Trinajstić information content (AvgIpc) is 2.56. The third-order valence-electron chi connectivity index (χ3n) is 2.84. The van der Waals surface area contributed by atoms with E-state index >= 15 is 0 Å². The van der Waals surface area contributed by atoms with Crippen molar-refractivity contribution in [3.8, 4) is 0 Å². The van der Waals surface area contributed by atoms with Crippen LogP contribution in [0.1, 0.15) is 15.9 Å². The fourth-order valence-electron chi connectivity index (χ4n) is 1.72. The number of halogens is 1. The molecule has 0 saturated heterocycles. The Kier molecular flexibility index (Phi) is 5.17. The molecule has 122 valence electrons. The van der Waals surface area contributed by atoms with Crippen LogP contribution in [0, 0.1) is 20.2 Å². The molecule has 0 aliphatic rings. The van der Waals surface area contributed by atoms with Crippen LogP contribution in [0.2, 0.25) is 5.02 Å². The van der Waals surface area contributed by atoms with Gasteiger partial charge in [-0.15, -0.1) is 0 Å². The minimum Gasteiger partial charge on any atom is -0.267 e. The van der Waals surface area contributed by atoms with Crippen LogP contribution in [0.25, 0.3) is 0 Å². The summed E-state index contributed by atoms with van der Waals surface area (Å²) in [5.74, 6) is -0.813. The van der Waals surface area contributed by atoms with Crippen molar-refractivity contribution in [1.82, 2.24) is 5.43 Å². The molecule has 0 fully saturated rings. The van der Waals surface area contributed by atoms with Gasteiger partial charge in [-0.1, -0.05) is 23.7 Å². The van der Waals surface area contributed by atoms with Crippen molar-refractivity contribution < 1.29 is 14.6 Å². The maximum absolute atomic E-state index is 11.9. The maximum Gasteiger partial charge on any atom is 0.277 e. The summed E-state index contributed by atoms with van der Waals surface area (Å²) in [5, 5.41) is 25.8. The second-order valence-corrected chi connectivity index (χ2v) is 4.94. The lowest BCUT2D eigenvalue weighted by molar-refractivity contribution is -0.394. The Morgan fingerprint density at radius 1 is 1.04 bits per heavy atom. The van der Waals surface area contributed by atoms with Crippen molar-refractivity contribution in [2.75, 3.05) is 0 Å². The standard InChI is InChI=1S/C14H9ClN4O5/c15-11-3-1-9(2-4-11)8-16-17-14(20)10-5-12(18(21)22)7-13(6-10)19(23)24/h1-8H,(H,17,20)/b16-8-. The Bertz CT molecular complexity index is 803. The smallest absolute Gasteiger partial charge is 0.267 e. The molecule has 24 heavy (non-hydrogen) atoms. The van der Waals surface area contributed by atoms with Crippen molar-refractivity contribution in [1.29, 1.82) is 0 Å². The van der Waals surface area contributed by atoms with E-state index in [0.29, 0.717) is 10.6 Å². The topological polar surface area (TPSA) is 128 Å². The summed E-state index contributed by atoms with van der Waals surface area (Å²) in [6.45, 7) is 0. The lowest BCUT2D eigenvalue weighted by Gasteiger charge is -2.01. The van der Waals surface area contributed by atoms with Gasteiger partial charge in [-0.3, -0.25) is 25.0 Å². The zero-order valence-electron chi connectivity index (χ0n) is 11.9. The summed E-state index contributed by atoms with van der Waals surface area (Å²) >= 11 is 5.73. The van der Waals surface area contributed by atoms with E-state index in [0.717, 1.165) is 18.2 Å². The van der Waals surface area contributed by atoms with Gasteiger partial charge >= 0.3 is 0 Å². The van der Waals surface area contributed by atoms with E-state index in [1.54, 1.807) is 24.3 Å². The highest BCUT2D eigenvalue weighted by molar-refractivity contribution is 6.30. The molecular weight excluding hydrogens is 340 g/mol. The first-order valence-electron chi connectivity index (χ1n) is 6.39. The zero-order chi connectivity index (χ0) is 17.7. The van der Waals surface area contributed by atoms with Gasteiger partial charge in [-0.05, 0) is 17.7 Å². The molecule has 0 unspecified atom stereocenters. The summed E-state index contributed by atoms with van der Waals surface area (Å²) < 4.78 is 0. The van der Waals surface area contributed by atoms with Gasteiger partial charge in [0.25, 0.3) is 17.3 Å². The molecule has 0 atom stereocenters. The summed E-state index contributed by atoms with van der Waals surface area (Å²) in [4.78, 5) is 31.9. The summed E-state index contributed by atoms with van der Waals surface area (Å²) in [5.41, 5.74) is 1.44. The predicted octanol–water partition coefficient (Wildman–Crippen LogP) is 2.92. The van der Waals surface area contributed by atoms with Crippen LogP contribution in [-0.4, -0.2) is 22.0 Å². The predicted molar refractivity (Wildman–Crippen MR) is 86.3 cm³/mol. The number of nitro groups is 2. The molecule has 0 spiro atoms. The fraction of sp³-hybridized carbons (Fsp3) is 0. The molecule has 9 nitrogen and oxygen atoms in total. The van der Waals surface area contributed by atoms with Gasteiger partial charge in [0, 0.05) is 17.2 Å². The molecule has 2 aromatic rings. The molecule has 0 aliphatic heterocycles. The molecule has 1 amide bonds. The van der Waals surface area contributed by atoms with Crippen LogP contribution in [-0.2, 0) is 0 Å². The number of benzene rings is 2. The zero-order valence-corrected chi connectivity index (χ0v) is 12.6. The van der Waals surface area contributed by atoms with Crippen molar-refractivity contribution in [3.63, 3.8) is 0 Å². The van der Waals surface area contributed by atoms with Gasteiger partial charge < -0.3 is 0 Å². The number of hydrogen-bond acceptors (Lipinski definition) is 6. The number of hydrazone groups is 1. The van der Waals surface area contributed by atoms with E-state index in [2.05, 4.69) is 10.5 Å². The van der Waals surface area contributed by atoms with Crippen molar-refractivity contribution in [3.05, 3.63) is 78.8 Å². The van der Waals surface area contributed by atoms with Gasteiger partial charge in [0.2, 0.25) is 0 Å². The Morgan fingerprint density at radius 2 is 1.58 bits per heavy atom. The van der Waals surface area contributed by atoms with E-state index in [1.165, 1.54) is 6.21 Å². The highest BCUT2D eigenvalue weighted by Crippen LogP contribution is 2.22. The van der Waals surface area contributed by atoms with Crippen LogP contribution in [0.3, 0.4) is 0 Å². The molecule has 2 rings (SSSR count). The van der Waals surface area contributed by atoms with Crippen LogP contribution >= 0.6 is 11.6 Å². The normalized spacial score (nSPS) is 10.5.